The van der Waals surface area contributed by atoms with Crippen LogP contribution in [0.1, 0.15) is 68.9 Å². The SMILES string of the molecule is NC1(C(=O)N[C@H]2CC[C@H](CC(=O)Nc3cc(C(F)(F)F)cc(C(F)(F)F)c3)CC2)CCCC1. The van der Waals surface area contributed by atoms with E-state index in [9.17, 15) is 35.9 Å². The zero-order valence-electron chi connectivity index (χ0n) is 17.9. The van der Waals surface area contributed by atoms with Crippen molar-refractivity contribution >= 4 is 17.5 Å². The maximum Gasteiger partial charge on any atom is 0.416 e. The summed E-state index contributed by atoms with van der Waals surface area (Å²) in [6.07, 6.45) is -4.39. The van der Waals surface area contributed by atoms with Gasteiger partial charge in [0.15, 0.2) is 0 Å². The summed E-state index contributed by atoms with van der Waals surface area (Å²) in [4.78, 5) is 24.8. The van der Waals surface area contributed by atoms with Crippen LogP contribution in [0.3, 0.4) is 0 Å². The molecule has 0 radical (unpaired) electrons. The maximum atomic E-state index is 13.0. The average molecular weight is 479 g/mol. The van der Waals surface area contributed by atoms with Crippen molar-refractivity contribution in [2.24, 2.45) is 11.7 Å². The number of amides is 2. The molecule has 1 aromatic rings. The third-order valence-corrected chi connectivity index (χ3v) is 6.48. The molecule has 5 nitrogen and oxygen atoms in total. The zero-order valence-corrected chi connectivity index (χ0v) is 17.9. The van der Waals surface area contributed by atoms with E-state index in [0.717, 1.165) is 12.8 Å². The molecule has 11 heteroatoms. The molecule has 2 aliphatic rings. The minimum Gasteiger partial charge on any atom is -0.352 e. The lowest BCUT2D eigenvalue weighted by Crippen LogP contribution is -2.54. The quantitative estimate of drug-likeness (QED) is 0.520. The minimum absolute atomic E-state index is 0.0161. The van der Waals surface area contributed by atoms with Crippen molar-refractivity contribution in [3.63, 3.8) is 0 Å². The normalized spacial score (nSPS) is 23.2. The number of nitrogens with two attached hydrogens (primary N) is 1. The Hall–Kier alpha value is -2.30. The van der Waals surface area contributed by atoms with Crippen molar-refractivity contribution in [1.29, 1.82) is 0 Å². The van der Waals surface area contributed by atoms with Crippen LogP contribution in [0.15, 0.2) is 18.2 Å². The van der Waals surface area contributed by atoms with Gasteiger partial charge >= 0.3 is 12.4 Å². The zero-order chi connectivity index (χ0) is 24.4. The van der Waals surface area contributed by atoms with Crippen LogP contribution in [0.2, 0.25) is 0 Å². The van der Waals surface area contributed by atoms with Crippen molar-refractivity contribution in [3.05, 3.63) is 29.3 Å². The molecular formula is C22H27F6N3O2. The van der Waals surface area contributed by atoms with Gasteiger partial charge in [-0.05, 0) is 62.6 Å². The van der Waals surface area contributed by atoms with Crippen molar-refractivity contribution in [2.75, 3.05) is 5.32 Å². The van der Waals surface area contributed by atoms with E-state index in [1.54, 1.807) is 0 Å². The number of alkyl halides is 6. The minimum atomic E-state index is -4.98. The molecule has 0 spiro atoms. The first-order chi connectivity index (χ1) is 15.3. The predicted octanol–water partition coefficient (Wildman–Crippen LogP) is 5.00. The maximum absolute atomic E-state index is 13.0. The van der Waals surface area contributed by atoms with Gasteiger partial charge in [0.1, 0.15) is 0 Å². The highest BCUT2D eigenvalue weighted by Crippen LogP contribution is 2.38. The van der Waals surface area contributed by atoms with Gasteiger partial charge in [-0.1, -0.05) is 12.8 Å². The van der Waals surface area contributed by atoms with Crippen LogP contribution in [0, 0.1) is 5.92 Å². The summed E-state index contributed by atoms with van der Waals surface area (Å²) in [5.74, 6) is -0.891. The molecule has 2 aliphatic carbocycles. The molecule has 0 aromatic heterocycles. The van der Waals surface area contributed by atoms with Gasteiger partial charge in [0.05, 0.1) is 16.7 Å². The number of halogens is 6. The Morgan fingerprint density at radius 3 is 1.91 bits per heavy atom. The topological polar surface area (TPSA) is 84.2 Å². The van der Waals surface area contributed by atoms with E-state index in [0.29, 0.717) is 50.7 Å². The van der Waals surface area contributed by atoms with Crippen LogP contribution in [0.5, 0.6) is 0 Å². The fraction of sp³-hybridized carbons (Fsp3) is 0.636. The number of carbonyl (C=O) groups excluding carboxylic acids is 2. The first-order valence-corrected chi connectivity index (χ1v) is 11.0. The van der Waals surface area contributed by atoms with E-state index >= 15 is 0 Å². The lowest BCUT2D eigenvalue weighted by Gasteiger charge is -2.32. The third-order valence-electron chi connectivity index (χ3n) is 6.48. The Morgan fingerprint density at radius 1 is 0.909 bits per heavy atom. The number of nitrogens with one attached hydrogen (secondary N) is 2. The van der Waals surface area contributed by atoms with Crippen molar-refractivity contribution in [2.45, 2.75) is 81.7 Å². The Kier molecular flexibility index (Phi) is 7.30. The van der Waals surface area contributed by atoms with Gasteiger partial charge in [-0.2, -0.15) is 26.3 Å². The number of hydrogen-bond acceptors (Lipinski definition) is 3. The average Bonchev–Trinajstić information content (AvgIpc) is 3.16. The Bertz CT molecular complexity index is 838. The lowest BCUT2D eigenvalue weighted by molar-refractivity contribution is -0.143. The van der Waals surface area contributed by atoms with Crippen molar-refractivity contribution < 1.29 is 35.9 Å². The van der Waals surface area contributed by atoms with Crippen LogP contribution in [0.4, 0.5) is 32.0 Å². The molecule has 0 bridgehead atoms. The molecule has 0 unspecified atom stereocenters. The lowest BCUT2D eigenvalue weighted by atomic mass is 9.83. The number of carbonyl (C=O) groups is 2. The van der Waals surface area contributed by atoms with Gasteiger partial charge < -0.3 is 16.4 Å². The van der Waals surface area contributed by atoms with Crippen LogP contribution in [0.25, 0.3) is 0 Å². The molecule has 0 saturated heterocycles. The molecule has 2 saturated carbocycles. The number of rotatable bonds is 5. The van der Waals surface area contributed by atoms with Gasteiger partial charge in [0, 0.05) is 18.2 Å². The van der Waals surface area contributed by atoms with Crippen LogP contribution >= 0.6 is 0 Å². The molecule has 0 heterocycles. The van der Waals surface area contributed by atoms with Gasteiger partial charge in [-0.25, -0.2) is 0 Å². The summed E-state index contributed by atoms with van der Waals surface area (Å²) in [5, 5.41) is 5.15. The van der Waals surface area contributed by atoms with Gasteiger partial charge in [-0.15, -0.1) is 0 Å². The fourth-order valence-corrected chi connectivity index (χ4v) is 4.57. The third kappa shape index (κ3) is 6.61. The first kappa shape index (κ1) is 25.3. The van der Waals surface area contributed by atoms with E-state index in [1.807, 2.05) is 0 Å². The molecule has 2 fully saturated rings. The largest absolute Gasteiger partial charge is 0.416 e. The van der Waals surface area contributed by atoms with Gasteiger partial charge in [0.2, 0.25) is 11.8 Å². The second kappa shape index (κ2) is 9.52. The van der Waals surface area contributed by atoms with E-state index < -0.39 is 40.6 Å². The van der Waals surface area contributed by atoms with Crippen molar-refractivity contribution in [1.82, 2.24) is 5.32 Å². The predicted molar refractivity (Wildman–Crippen MR) is 109 cm³/mol. The highest BCUT2D eigenvalue weighted by atomic mass is 19.4. The summed E-state index contributed by atoms with van der Waals surface area (Å²) in [7, 11) is 0. The summed E-state index contributed by atoms with van der Waals surface area (Å²) in [5.41, 5.74) is 1.82. The summed E-state index contributed by atoms with van der Waals surface area (Å²) in [6, 6.07) is 0.939. The van der Waals surface area contributed by atoms with Crippen LogP contribution in [-0.4, -0.2) is 23.4 Å². The standard InChI is InChI=1S/C22H27F6N3O2/c23-21(24,25)14-10-15(22(26,27)28)12-17(11-14)30-18(32)9-13-3-5-16(6-4-13)31-19(33)20(29)7-1-2-8-20/h10-13,16H,1-9,29H2,(H,30,32)(H,31,33)/t13-,16-. The van der Waals surface area contributed by atoms with E-state index in [-0.39, 0.29) is 30.4 Å². The molecule has 184 valence electrons. The van der Waals surface area contributed by atoms with Gasteiger partial charge in [-0.3, -0.25) is 9.59 Å². The summed E-state index contributed by atoms with van der Waals surface area (Å²) < 4.78 is 77.9. The second-order valence-electron chi connectivity index (χ2n) is 9.10. The number of benzene rings is 1. The molecule has 33 heavy (non-hydrogen) atoms. The Morgan fingerprint density at radius 2 is 1.42 bits per heavy atom. The molecule has 3 rings (SSSR count). The fourth-order valence-electron chi connectivity index (χ4n) is 4.57. The first-order valence-electron chi connectivity index (χ1n) is 11.0. The highest BCUT2D eigenvalue weighted by molar-refractivity contribution is 5.91. The number of anilines is 1. The Labute approximate surface area is 187 Å². The molecular weight excluding hydrogens is 452 g/mol. The molecule has 4 N–H and O–H groups in total. The highest BCUT2D eigenvalue weighted by Gasteiger charge is 2.39. The second-order valence-corrected chi connectivity index (χ2v) is 9.10. The molecule has 2 amide bonds. The molecule has 0 aliphatic heterocycles. The smallest absolute Gasteiger partial charge is 0.352 e. The molecule has 0 atom stereocenters. The van der Waals surface area contributed by atoms with Crippen LogP contribution < -0.4 is 16.4 Å². The van der Waals surface area contributed by atoms with E-state index in [4.69, 9.17) is 5.73 Å². The van der Waals surface area contributed by atoms with Gasteiger partial charge in [0.25, 0.3) is 0 Å². The van der Waals surface area contributed by atoms with E-state index in [1.165, 1.54) is 0 Å². The Balaban J connectivity index is 1.54. The molecule has 1 aromatic carbocycles. The van der Waals surface area contributed by atoms with Crippen molar-refractivity contribution in [3.8, 4) is 0 Å². The summed E-state index contributed by atoms with van der Waals surface area (Å²) >= 11 is 0. The summed E-state index contributed by atoms with van der Waals surface area (Å²) in [6.45, 7) is 0. The van der Waals surface area contributed by atoms with Crippen LogP contribution in [-0.2, 0) is 21.9 Å². The van der Waals surface area contributed by atoms with E-state index in [2.05, 4.69) is 10.6 Å². The monoisotopic (exact) mass is 479 g/mol. The number of hydrogen-bond donors (Lipinski definition) is 3.